The van der Waals surface area contributed by atoms with E-state index in [1.165, 1.54) is 6.33 Å². The molecule has 0 aliphatic heterocycles. The molecule has 10 nitrogen and oxygen atoms in total. The number of rotatable bonds is 8. The number of anilines is 2. The summed E-state index contributed by atoms with van der Waals surface area (Å²) in [5.41, 5.74) is 1.99. The van der Waals surface area contributed by atoms with Crippen molar-refractivity contribution < 1.29 is 14.4 Å². The van der Waals surface area contributed by atoms with Crippen LogP contribution in [-0.2, 0) is 9.59 Å². The Hall–Kier alpha value is -4.21. The average Bonchev–Trinajstić information content (AvgIpc) is 3.32. The van der Waals surface area contributed by atoms with Crippen LogP contribution in [0.3, 0.4) is 0 Å². The smallest absolute Gasteiger partial charge is 0.319 e. The van der Waals surface area contributed by atoms with E-state index in [0.717, 1.165) is 5.69 Å². The summed E-state index contributed by atoms with van der Waals surface area (Å²) in [6, 6.07) is 14.6. The Balaban J connectivity index is 1.48. The third-order valence-electron chi connectivity index (χ3n) is 4.52. The minimum atomic E-state index is -0.798. The molecular weight excluding hydrogens is 410 g/mol. The molecule has 1 unspecified atom stereocenters. The highest BCUT2D eigenvalue weighted by Gasteiger charge is 2.24. The highest BCUT2D eigenvalue weighted by atomic mass is 16.2. The molecule has 0 aliphatic rings. The molecule has 4 amide bonds. The van der Waals surface area contributed by atoms with Crippen molar-refractivity contribution in [3.8, 4) is 5.69 Å². The van der Waals surface area contributed by atoms with Crippen molar-refractivity contribution in [2.75, 3.05) is 17.2 Å². The van der Waals surface area contributed by atoms with E-state index in [0.29, 0.717) is 11.4 Å². The Kier molecular flexibility index (Phi) is 7.52. The van der Waals surface area contributed by atoms with Crippen molar-refractivity contribution in [1.29, 1.82) is 0 Å². The van der Waals surface area contributed by atoms with Gasteiger partial charge >= 0.3 is 6.03 Å². The number of para-hydroxylation sites is 1. The predicted octanol–water partition coefficient (Wildman–Crippen LogP) is 2.17. The van der Waals surface area contributed by atoms with Gasteiger partial charge in [0.15, 0.2) is 0 Å². The Bertz CT molecular complexity index is 1040. The molecule has 0 bridgehead atoms. The lowest BCUT2D eigenvalue weighted by atomic mass is 10.0. The first-order chi connectivity index (χ1) is 15.4. The maximum absolute atomic E-state index is 12.6. The Labute approximate surface area is 185 Å². The molecule has 0 saturated heterocycles. The molecule has 1 atom stereocenters. The van der Waals surface area contributed by atoms with Crippen LogP contribution in [0.5, 0.6) is 0 Å². The second kappa shape index (κ2) is 10.7. The van der Waals surface area contributed by atoms with E-state index >= 15 is 0 Å². The highest BCUT2D eigenvalue weighted by molar-refractivity contribution is 5.97. The number of aromatic nitrogens is 3. The summed E-state index contributed by atoms with van der Waals surface area (Å²) in [6.45, 7) is 3.39. The molecule has 0 aliphatic carbocycles. The number of carbonyl (C=O) groups is 3. The topological polar surface area (TPSA) is 130 Å². The zero-order valence-electron chi connectivity index (χ0n) is 17.8. The van der Waals surface area contributed by atoms with E-state index in [4.69, 9.17) is 0 Å². The first-order valence-electron chi connectivity index (χ1n) is 10.1. The van der Waals surface area contributed by atoms with Gasteiger partial charge in [0.1, 0.15) is 18.7 Å². The van der Waals surface area contributed by atoms with Gasteiger partial charge in [0.2, 0.25) is 11.8 Å². The summed E-state index contributed by atoms with van der Waals surface area (Å²) in [4.78, 5) is 40.9. The van der Waals surface area contributed by atoms with Crippen molar-refractivity contribution in [3.63, 3.8) is 0 Å². The number of nitrogens with zero attached hydrogens (tertiary/aromatic N) is 3. The van der Waals surface area contributed by atoms with Crippen molar-refractivity contribution in [3.05, 3.63) is 67.3 Å². The highest BCUT2D eigenvalue weighted by Crippen LogP contribution is 2.12. The third kappa shape index (κ3) is 6.39. The van der Waals surface area contributed by atoms with Crippen LogP contribution in [0.1, 0.15) is 13.8 Å². The number of hydrogen-bond acceptors (Lipinski definition) is 5. The van der Waals surface area contributed by atoms with E-state index in [1.807, 2.05) is 19.9 Å². The van der Waals surface area contributed by atoms with Crippen LogP contribution in [0.15, 0.2) is 67.3 Å². The van der Waals surface area contributed by atoms with Gasteiger partial charge in [-0.2, -0.15) is 5.10 Å². The van der Waals surface area contributed by atoms with E-state index < -0.39 is 18.0 Å². The van der Waals surface area contributed by atoms with Crippen LogP contribution in [0, 0.1) is 5.92 Å². The van der Waals surface area contributed by atoms with Gasteiger partial charge in [-0.15, -0.1) is 0 Å². The van der Waals surface area contributed by atoms with Crippen LogP contribution >= 0.6 is 0 Å². The lowest BCUT2D eigenvalue weighted by Gasteiger charge is -2.22. The van der Waals surface area contributed by atoms with Gasteiger partial charge in [0, 0.05) is 11.4 Å². The first-order valence-corrected chi connectivity index (χ1v) is 10.1. The summed E-state index contributed by atoms with van der Waals surface area (Å²) in [5, 5.41) is 14.6. The number of benzene rings is 2. The van der Waals surface area contributed by atoms with Crippen molar-refractivity contribution >= 4 is 29.2 Å². The molecule has 0 fully saturated rings. The Morgan fingerprint density at radius 1 is 0.938 bits per heavy atom. The summed E-state index contributed by atoms with van der Waals surface area (Å²) in [7, 11) is 0. The largest absolute Gasteiger partial charge is 0.345 e. The molecule has 32 heavy (non-hydrogen) atoms. The second-order valence-corrected chi connectivity index (χ2v) is 7.34. The fourth-order valence-electron chi connectivity index (χ4n) is 2.89. The van der Waals surface area contributed by atoms with E-state index in [-0.39, 0.29) is 18.4 Å². The van der Waals surface area contributed by atoms with Crippen LogP contribution < -0.4 is 21.3 Å². The summed E-state index contributed by atoms with van der Waals surface area (Å²) in [5.74, 6) is -1.01. The SMILES string of the molecule is CC(C)C(NC(=O)Nc1ccccc1)C(=O)NCC(=O)Nc1ccc(-n2cncn2)cc1. The predicted molar refractivity (Wildman–Crippen MR) is 120 cm³/mol. The van der Waals surface area contributed by atoms with Gasteiger partial charge in [0.25, 0.3) is 0 Å². The van der Waals surface area contributed by atoms with Crippen molar-refractivity contribution in [1.82, 2.24) is 25.4 Å². The molecule has 166 valence electrons. The summed E-state index contributed by atoms with van der Waals surface area (Å²) < 4.78 is 1.60. The average molecular weight is 435 g/mol. The molecule has 2 aromatic carbocycles. The van der Waals surface area contributed by atoms with E-state index in [2.05, 4.69) is 31.3 Å². The molecule has 4 N–H and O–H groups in total. The number of nitrogens with one attached hydrogen (secondary N) is 4. The molecule has 3 rings (SSSR count). The molecule has 3 aromatic rings. The molecule has 0 radical (unpaired) electrons. The molecule has 1 aromatic heterocycles. The molecule has 1 heterocycles. The molecule has 10 heteroatoms. The zero-order chi connectivity index (χ0) is 22.9. The van der Waals surface area contributed by atoms with E-state index in [9.17, 15) is 14.4 Å². The van der Waals surface area contributed by atoms with Gasteiger partial charge in [-0.1, -0.05) is 32.0 Å². The third-order valence-corrected chi connectivity index (χ3v) is 4.52. The standard InChI is InChI=1S/C22H25N7O3/c1-15(2)20(28-22(32)27-16-6-4-3-5-7-16)21(31)24-12-19(30)26-17-8-10-18(11-9-17)29-14-23-13-25-29/h3-11,13-15,20H,12H2,1-2H3,(H,24,31)(H,26,30)(H2,27,28,32). The summed E-state index contributed by atoms with van der Waals surface area (Å²) >= 11 is 0. The van der Waals surface area contributed by atoms with Crippen LogP contribution in [0.25, 0.3) is 5.69 Å². The van der Waals surface area contributed by atoms with E-state index in [1.54, 1.807) is 59.5 Å². The van der Waals surface area contributed by atoms with Gasteiger partial charge < -0.3 is 21.3 Å². The van der Waals surface area contributed by atoms with Crippen LogP contribution in [0.2, 0.25) is 0 Å². The Morgan fingerprint density at radius 3 is 2.25 bits per heavy atom. The van der Waals surface area contributed by atoms with Gasteiger partial charge in [0.05, 0.1) is 12.2 Å². The zero-order valence-corrected chi connectivity index (χ0v) is 17.8. The maximum Gasteiger partial charge on any atom is 0.319 e. The second-order valence-electron chi connectivity index (χ2n) is 7.34. The number of hydrogen-bond donors (Lipinski definition) is 4. The normalized spacial score (nSPS) is 11.5. The molecule has 0 spiro atoms. The first kappa shape index (κ1) is 22.5. The minimum absolute atomic E-state index is 0.177. The fraction of sp³-hybridized carbons (Fsp3) is 0.227. The van der Waals surface area contributed by atoms with Gasteiger partial charge in [-0.3, -0.25) is 9.59 Å². The molecular formula is C22H25N7O3. The fourth-order valence-corrected chi connectivity index (χ4v) is 2.89. The summed E-state index contributed by atoms with van der Waals surface area (Å²) in [6.07, 6.45) is 3.01. The quantitative estimate of drug-likeness (QED) is 0.431. The number of carbonyl (C=O) groups excluding carboxylic acids is 3. The van der Waals surface area contributed by atoms with Gasteiger partial charge in [-0.05, 0) is 42.3 Å². The Morgan fingerprint density at radius 2 is 1.62 bits per heavy atom. The van der Waals surface area contributed by atoms with Crippen molar-refractivity contribution in [2.24, 2.45) is 5.92 Å². The van der Waals surface area contributed by atoms with Gasteiger partial charge in [-0.25, -0.2) is 14.5 Å². The lowest BCUT2D eigenvalue weighted by Crippen LogP contribution is -2.52. The number of urea groups is 1. The number of amides is 4. The lowest BCUT2D eigenvalue weighted by molar-refractivity contribution is -0.126. The minimum Gasteiger partial charge on any atom is -0.345 e. The molecule has 0 saturated carbocycles. The van der Waals surface area contributed by atoms with Crippen LogP contribution in [0.4, 0.5) is 16.2 Å². The monoisotopic (exact) mass is 435 g/mol. The maximum atomic E-state index is 12.6. The van der Waals surface area contributed by atoms with Crippen LogP contribution in [-0.4, -0.2) is 45.2 Å². The van der Waals surface area contributed by atoms with Crippen molar-refractivity contribution in [2.45, 2.75) is 19.9 Å².